The lowest BCUT2D eigenvalue weighted by Gasteiger charge is -2.26. The molecule has 0 fully saturated rings. The number of para-hydroxylation sites is 2. The number of carbonyl (C=O) groups is 1. The summed E-state index contributed by atoms with van der Waals surface area (Å²) in [4.78, 5) is 16.7. The molecular formula is C24H26N2O2S. The fraction of sp³-hybridized carbons (Fsp3) is 0.208. The first kappa shape index (κ1) is 21.0. The minimum absolute atomic E-state index is 0.0732. The molecule has 2 N–H and O–H groups in total. The third-order valence-corrected chi connectivity index (χ3v) is 5.75. The largest absolute Gasteiger partial charge is 0.395 e. The summed E-state index contributed by atoms with van der Waals surface area (Å²) in [5.41, 5.74) is 4.39. The Balaban J connectivity index is 1.96. The molecule has 0 saturated carbocycles. The summed E-state index contributed by atoms with van der Waals surface area (Å²) >= 11 is 1.70. The molecule has 4 nitrogen and oxygen atoms in total. The molecule has 3 aromatic carbocycles. The van der Waals surface area contributed by atoms with Crippen molar-refractivity contribution in [3.63, 3.8) is 0 Å². The molecule has 0 unspecified atom stereocenters. The smallest absolute Gasteiger partial charge is 0.240 e. The van der Waals surface area contributed by atoms with Gasteiger partial charge in [-0.25, -0.2) is 0 Å². The molecule has 0 atom stereocenters. The van der Waals surface area contributed by atoms with E-state index in [0.29, 0.717) is 0 Å². The fourth-order valence-corrected chi connectivity index (χ4v) is 4.14. The van der Waals surface area contributed by atoms with Gasteiger partial charge in [0.1, 0.15) is 6.54 Å². The Bertz CT molecular complexity index is 960. The lowest BCUT2D eigenvalue weighted by molar-refractivity contribution is -0.119. The summed E-state index contributed by atoms with van der Waals surface area (Å²) in [6, 6.07) is 24.5. The molecule has 0 bridgehead atoms. The van der Waals surface area contributed by atoms with Crippen LogP contribution >= 0.6 is 11.8 Å². The molecule has 0 spiro atoms. The quantitative estimate of drug-likeness (QED) is 0.569. The fourth-order valence-electron chi connectivity index (χ4n) is 3.12. The molecule has 150 valence electrons. The number of amides is 1. The van der Waals surface area contributed by atoms with Crippen LogP contribution < -0.4 is 10.2 Å². The van der Waals surface area contributed by atoms with Gasteiger partial charge in [-0.15, -0.1) is 0 Å². The Labute approximate surface area is 176 Å². The monoisotopic (exact) mass is 406 g/mol. The molecule has 29 heavy (non-hydrogen) atoms. The first-order valence-corrected chi connectivity index (χ1v) is 10.4. The third-order valence-electron chi connectivity index (χ3n) is 4.51. The van der Waals surface area contributed by atoms with Crippen LogP contribution in [-0.4, -0.2) is 30.7 Å². The summed E-state index contributed by atoms with van der Waals surface area (Å²) in [5.74, 6) is -0.130. The van der Waals surface area contributed by atoms with Gasteiger partial charge in [-0.3, -0.25) is 4.79 Å². The number of hydrogen-bond acceptors (Lipinski definition) is 4. The van der Waals surface area contributed by atoms with Gasteiger partial charge in [0.2, 0.25) is 5.91 Å². The highest BCUT2D eigenvalue weighted by molar-refractivity contribution is 7.99. The average Bonchev–Trinajstić information content (AvgIpc) is 2.73. The summed E-state index contributed by atoms with van der Waals surface area (Å²) in [6.45, 7) is 4.57. The second kappa shape index (κ2) is 10.1. The van der Waals surface area contributed by atoms with E-state index in [4.69, 9.17) is 5.11 Å². The van der Waals surface area contributed by atoms with Gasteiger partial charge < -0.3 is 15.3 Å². The van der Waals surface area contributed by atoms with E-state index in [9.17, 15) is 4.79 Å². The lowest BCUT2D eigenvalue weighted by Crippen LogP contribution is -2.36. The molecule has 0 aliphatic carbocycles. The van der Waals surface area contributed by atoms with E-state index in [1.807, 2.05) is 53.4 Å². The van der Waals surface area contributed by atoms with Crippen molar-refractivity contribution in [1.29, 1.82) is 0 Å². The van der Waals surface area contributed by atoms with E-state index in [1.165, 1.54) is 16.0 Å². The van der Waals surface area contributed by atoms with Crippen molar-refractivity contribution in [2.45, 2.75) is 23.6 Å². The molecule has 1 amide bonds. The van der Waals surface area contributed by atoms with E-state index < -0.39 is 0 Å². The number of benzene rings is 3. The Morgan fingerprint density at radius 2 is 1.69 bits per heavy atom. The Morgan fingerprint density at radius 1 is 0.966 bits per heavy atom. The number of nitrogens with zero attached hydrogens (tertiary/aromatic N) is 1. The summed E-state index contributed by atoms with van der Waals surface area (Å²) in [6.07, 6.45) is 0. The van der Waals surface area contributed by atoms with Crippen molar-refractivity contribution in [1.82, 2.24) is 5.32 Å². The maximum atomic E-state index is 12.4. The maximum absolute atomic E-state index is 12.4. The van der Waals surface area contributed by atoms with Crippen LogP contribution in [0.3, 0.4) is 0 Å². The van der Waals surface area contributed by atoms with Crippen molar-refractivity contribution < 1.29 is 9.90 Å². The first-order valence-electron chi connectivity index (χ1n) is 9.63. The number of aliphatic hydroxyl groups excluding tert-OH is 1. The second-order valence-corrected chi connectivity index (χ2v) is 7.92. The van der Waals surface area contributed by atoms with Crippen LogP contribution in [0.25, 0.3) is 0 Å². The van der Waals surface area contributed by atoms with Crippen LogP contribution in [0.1, 0.15) is 11.1 Å². The number of aliphatic hydroxyl groups is 1. The molecule has 3 rings (SSSR count). The molecular weight excluding hydrogens is 380 g/mol. The highest BCUT2D eigenvalue weighted by Crippen LogP contribution is 2.39. The lowest BCUT2D eigenvalue weighted by atomic mass is 10.2. The normalized spacial score (nSPS) is 10.6. The topological polar surface area (TPSA) is 52.6 Å². The van der Waals surface area contributed by atoms with E-state index in [1.54, 1.807) is 11.8 Å². The molecule has 0 aliphatic rings. The molecule has 0 heterocycles. The van der Waals surface area contributed by atoms with Crippen LogP contribution in [0.15, 0.2) is 82.6 Å². The zero-order valence-corrected chi connectivity index (χ0v) is 17.6. The molecule has 0 radical (unpaired) electrons. The van der Waals surface area contributed by atoms with Gasteiger partial charge in [0, 0.05) is 22.0 Å². The number of anilines is 2. The highest BCUT2D eigenvalue weighted by atomic mass is 32.2. The van der Waals surface area contributed by atoms with Gasteiger partial charge in [-0.2, -0.15) is 0 Å². The van der Waals surface area contributed by atoms with Crippen LogP contribution in [0.4, 0.5) is 11.4 Å². The third kappa shape index (κ3) is 5.62. The van der Waals surface area contributed by atoms with E-state index >= 15 is 0 Å². The number of hydrogen-bond donors (Lipinski definition) is 2. The average molecular weight is 407 g/mol. The summed E-state index contributed by atoms with van der Waals surface area (Å²) in [7, 11) is 0. The summed E-state index contributed by atoms with van der Waals surface area (Å²) in [5, 5.41) is 11.8. The number of rotatable bonds is 8. The van der Waals surface area contributed by atoms with Crippen molar-refractivity contribution in [2.24, 2.45) is 0 Å². The van der Waals surface area contributed by atoms with Crippen molar-refractivity contribution >= 4 is 29.0 Å². The second-order valence-electron chi connectivity index (χ2n) is 6.83. The molecule has 0 aliphatic heterocycles. The van der Waals surface area contributed by atoms with Gasteiger partial charge in [0.15, 0.2) is 0 Å². The zero-order chi connectivity index (χ0) is 20.6. The Kier molecular flexibility index (Phi) is 7.33. The highest BCUT2D eigenvalue weighted by Gasteiger charge is 2.17. The van der Waals surface area contributed by atoms with Gasteiger partial charge in [-0.1, -0.05) is 59.8 Å². The van der Waals surface area contributed by atoms with Crippen LogP contribution in [-0.2, 0) is 4.79 Å². The first-order chi connectivity index (χ1) is 14.1. The SMILES string of the molecule is Cc1ccc(Sc2ccccc2N(CC(=O)NCCO)c2ccccc2)c(C)c1. The number of carbonyl (C=O) groups excluding carboxylic acids is 1. The van der Waals surface area contributed by atoms with Crippen LogP contribution in [0.5, 0.6) is 0 Å². The van der Waals surface area contributed by atoms with Crippen LogP contribution in [0.2, 0.25) is 0 Å². The minimum Gasteiger partial charge on any atom is -0.395 e. The Hall–Kier alpha value is -2.76. The molecule has 5 heteroatoms. The minimum atomic E-state index is -0.130. The Morgan fingerprint density at radius 3 is 2.41 bits per heavy atom. The van der Waals surface area contributed by atoms with Gasteiger partial charge in [0.25, 0.3) is 0 Å². The standard InChI is InChI=1S/C24H26N2O2S/c1-18-12-13-22(19(2)16-18)29-23-11-7-6-10-21(23)26(17-24(28)25-14-15-27)20-8-4-3-5-9-20/h3-13,16,27H,14-15,17H2,1-2H3,(H,25,28). The molecule has 3 aromatic rings. The maximum Gasteiger partial charge on any atom is 0.240 e. The van der Waals surface area contributed by atoms with E-state index in [2.05, 4.69) is 43.4 Å². The zero-order valence-electron chi connectivity index (χ0n) is 16.8. The number of aryl methyl sites for hydroxylation is 2. The van der Waals surface area contributed by atoms with Gasteiger partial charge in [0.05, 0.1) is 12.3 Å². The predicted molar refractivity (Wildman–Crippen MR) is 120 cm³/mol. The van der Waals surface area contributed by atoms with E-state index in [-0.39, 0.29) is 25.6 Å². The number of nitrogens with one attached hydrogen (secondary N) is 1. The van der Waals surface area contributed by atoms with Crippen molar-refractivity contribution in [2.75, 3.05) is 24.6 Å². The van der Waals surface area contributed by atoms with Crippen molar-refractivity contribution in [3.05, 3.63) is 83.9 Å². The van der Waals surface area contributed by atoms with Gasteiger partial charge >= 0.3 is 0 Å². The van der Waals surface area contributed by atoms with Gasteiger partial charge in [-0.05, 0) is 49.7 Å². The summed E-state index contributed by atoms with van der Waals surface area (Å²) < 4.78 is 0. The van der Waals surface area contributed by atoms with Crippen molar-refractivity contribution in [3.8, 4) is 0 Å². The molecule has 0 aromatic heterocycles. The molecule has 0 saturated heterocycles. The van der Waals surface area contributed by atoms with Crippen LogP contribution in [0, 0.1) is 13.8 Å². The predicted octanol–water partition coefficient (Wildman–Crippen LogP) is 4.70. The van der Waals surface area contributed by atoms with E-state index in [0.717, 1.165) is 16.3 Å².